The summed E-state index contributed by atoms with van der Waals surface area (Å²) in [6, 6.07) is 97.0. The highest BCUT2D eigenvalue weighted by Gasteiger charge is 2.30. The van der Waals surface area contributed by atoms with Crippen molar-refractivity contribution >= 4 is 83.8 Å². The number of anilines is 9. The Bertz CT molecular complexity index is 3720. The first-order chi connectivity index (χ1) is 33.7. The van der Waals surface area contributed by atoms with Crippen LogP contribution in [0.25, 0.3) is 60.5 Å². The Morgan fingerprint density at radius 3 is 1.31 bits per heavy atom. The Morgan fingerprint density at radius 1 is 0.279 bits per heavy atom. The van der Waals surface area contributed by atoms with Gasteiger partial charge in [0.15, 0.2) is 0 Å². The summed E-state index contributed by atoms with van der Waals surface area (Å²) in [4.78, 5) is 7.36. The molecule has 11 aromatic carbocycles. The maximum atomic E-state index is 2.50. The number of para-hydroxylation sites is 3. The van der Waals surface area contributed by atoms with Gasteiger partial charge in [-0.05, 0) is 125 Å². The lowest BCUT2D eigenvalue weighted by Crippen LogP contribution is -2.15. The predicted octanol–water partition coefficient (Wildman–Crippen LogP) is 18.0. The number of benzene rings is 11. The topological polar surface area (TPSA) is 14.7 Å². The largest absolute Gasteiger partial charge is 0.310 e. The summed E-state index contributed by atoms with van der Waals surface area (Å²) in [6.07, 6.45) is 0. The average Bonchev–Trinajstić information content (AvgIpc) is 3.78. The molecule has 0 amide bonds. The molecular weight excluding hydrogens is 825 g/mol. The third-order valence-corrected chi connectivity index (χ3v) is 13.4. The fraction of sp³-hybridized carbons (Fsp3) is 0. The van der Waals surface area contributed by atoms with Gasteiger partial charge in [-0.3, -0.25) is 0 Å². The van der Waals surface area contributed by atoms with E-state index in [1.54, 1.807) is 0 Å². The van der Waals surface area contributed by atoms with Crippen molar-refractivity contribution in [1.29, 1.82) is 0 Å². The summed E-state index contributed by atoms with van der Waals surface area (Å²) in [5, 5.41) is 4.73. The zero-order valence-corrected chi connectivity index (χ0v) is 37.2. The fourth-order valence-electron chi connectivity index (χ4n) is 10.4. The highest BCUT2D eigenvalue weighted by atomic mass is 15.2. The van der Waals surface area contributed by atoms with Crippen molar-refractivity contribution in [2.75, 3.05) is 14.7 Å². The van der Waals surface area contributed by atoms with Crippen LogP contribution in [0.3, 0.4) is 0 Å². The second-order valence-corrected chi connectivity index (χ2v) is 17.4. The quantitative estimate of drug-likeness (QED) is 0.151. The standard InChI is InChI=1S/C64H44N4/c1-6-19-45(20-7-1)47-33-37-53(38-34-47)66-56-42-55(65(50-24-10-3-11-25-50)51-26-12-4-13-27-51)43-57(44-56)67(54-39-35-48(36-40-54)46-21-8-2-9-22-46)61-41-49-23-16-17-30-58(49)64-63(61)62-59(66)31-18-32-60(62)68(64)52-28-14-5-15-29-52/h1-44H. The predicted molar refractivity (Wildman–Crippen MR) is 287 cm³/mol. The van der Waals surface area contributed by atoms with E-state index in [-0.39, 0.29) is 0 Å². The fourth-order valence-corrected chi connectivity index (χ4v) is 10.4. The molecule has 0 atom stereocenters. The summed E-state index contributed by atoms with van der Waals surface area (Å²) < 4.78 is 2.49. The van der Waals surface area contributed by atoms with Crippen LogP contribution >= 0.6 is 0 Å². The van der Waals surface area contributed by atoms with E-state index >= 15 is 0 Å². The van der Waals surface area contributed by atoms with Crippen LogP contribution < -0.4 is 14.7 Å². The van der Waals surface area contributed by atoms with Gasteiger partial charge in [-0.25, -0.2) is 0 Å². The molecule has 12 aromatic rings. The lowest BCUT2D eigenvalue weighted by atomic mass is 10.0. The van der Waals surface area contributed by atoms with Gasteiger partial charge in [-0.15, -0.1) is 0 Å². The van der Waals surface area contributed by atoms with Crippen molar-refractivity contribution in [3.05, 3.63) is 267 Å². The van der Waals surface area contributed by atoms with Gasteiger partial charge in [-0.1, -0.05) is 170 Å². The molecule has 0 saturated heterocycles. The molecule has 1 aliphatic heterocycles. The van der Waals surface area contributed by atoms with E-state index in [1.165, 1.54) is 49.3 Å². The minimum atomic E-state index is 1.04. The van der Waals surface area contributed by atoms with Gasteiger partial charge < -0.3 is 19.3 Å². The van der Waals surface area contributed by atoms with Gasteiger partial charge in [0.2, 0.25) is 0 Å². The Balaban J connectivity index is 1.18. The van der Waals surface area contributed by atoms with Gasteiger partial charge in [0.1, 0.15) is 0 Å². The molecule has 68 heavy (non-hydrogen) atoms. The smallest absolute Gasteiger partial charge is 0.0641 e. The van der Waals surface area contributed by atoms with Crippen molar-refractivity contribution in [1.82, 2.24) is 4.57 Å². The molecule has 13 rings (SSSR count). The minimum Gasteiger partial charge on any atom is -0.310 e. The number of rotatable bonds is 8. The Labute approximate surface area is 396 Å². The second-order valence-electron chi connectivity index (χ2n) is 17.4. The lowest BCUT2D eigenvalue weighted by Gasteiger charge is -2.32. The van der Waals surface area contributed by atoms with Crippen LogP contribution in [0.4, 0.5) is 51.2 Å². The van der Waals surface area contributed by atoms with Gasteiger partial charge in [0.05, 0.1) is 39.5 Å². The summed E-state index contributed by atoms with van der Waals surface area (Å²) >= 11 is 0. The van der Waals surface area contributed by atoms with Crippen LogP contribution in [0.2, 0.25) is 0 Å². The number of hydrogen-bond donors (Lipinski definition) is 0. The summed E-state index contributed by atoms with van der Waals surface area (Å²) in [7, 11) is 0. The van der Waals surface area contributed by atoms with Crippen LogP contribution in [0.5, 0.6) is 0 Å². The Morgan fingerprint density at radius 2 is 0.750 bits per heavy atom. The molecule has 4 heteroatoms. The van der Waals surface area contributed by atoms with Gasteiger partial charge in [0, 0.05) is 44.6 Å². The number of aromatic nitrogens is 1. The summed E-state index contributed by atoms with van der Waals surface area (Å²) in [6.45, 7) is 0. The monoisotopic (exact) mass is 868 g/mol. The highest BCUT2D eigenvalue weighted by molar-refractivity contribution is 6.28. The molecular formula is C64H44N4. The van der Waals surface area contributed by atoms with Crippen LogP contribution in [-0.4, -0.2) is 4.57 Å². The van der Waals surface area contributed by atoms with E-state index in [0.29, 0.717) is 0 Å². The Kier molecular flexibility index (Phi) is 9.47. The van der Waals surface area contributed by atoms with Crippen LogP contribution in [0, 0.1) is 0 Å². The molecule has 2 bridgehead atoms. The van der Waals surface area contributed by atoms with Crippen molar-refractivity contribution in [3.8, 4) is 27.9 Å². The van der Waals surface area contributed by atoms with Gasteiger partial charge in [0.25, 0.3) is 0 Å². The second kappa shape index (κ2) is 16.4. The zero-order chi connectivity index (χ0) is 45.0. The van der Waals surface area contributed by atoms with Crippen LogP contribution in [0.1, 0.15) is 0 Å². The molecule has 1 aromatic heterocycles. The normalized spacial score (nSPS) is 12.1. The van der Waals surface area contributed by atoms with E-state index in [0.717, 1.165) is 62.4 Å². The average molecular weight is 869 g/mol. The van der Waals surface area contributed by atoms with E-state index in [4.69, 9.17) is 0 Å². The van der Waals surface area contributed by atoms with Crippen molar-refractivity contribution in [2.24, 2.45) is 0 Å². The van der Waals surface area contributed by atoms with Gasteiger partial charge >= 0.3 is 0 Å². The first-order valence-electron chi connectivity index (χ1n) is 23.3. The molecule has 0 spiro atoms. The maximum Gasteiger partial charge on any atom is 0.0641 e. The molecule has 2 heterocycles. The lowest BCUT2D eigenvalue weighted by molar-refractivity contribution is 1.18. The third kappa shape index (κ3) is 6.61. The molecule has 0 radical (unpaired) electrons. The molecule has 0 fully saturated rings. The zero-order valence-electron chi connectivity index (χ0n) is 37.2. The van der Waals surface area contributed by atoms with E-state index in [1.807, 2.05) is 0 Å². The van der Waals surface area contributed by atoms with Crippen molar-refractivity contribution < 1.29 is 0 Å². The molecule has 0 unspecified atom stereocenters. The maximum absolute atomic E-state index is 2.50. The third-order valence-electron chi connectivity index (χ3n) is 13.4. The van der Waals surface area contributed by atoms with Gasteiger partial charge in [-0.2, -0.15) is 0 Å². The first kappa shape index (κ1) is 39.3. The summed E-state index contributed by atoms with van der Waals surface area (Å²) in [5.74, 6) is 0. The van der Waals surface area contributed by atoms with E-state index < -0.39 is 0 Å². The number of nitrogens with zero attached hydrogens (tertiary/aromatic N) is 4. The molecule has 0 aliphatic carbocycles. The number of hydrogen-bond acceptors (Lipinski definition) is 3. The van der Waals surface area contributed by atoms with Crippen LogP contribution in [0.15, 0.2) is 267 Å². The van der Waals surface area contributed by atoms with Crippen molar-refractivity contribution in [2.45, 2.75) is 0 Å². The van der Waals surface area contributed by atoms with Crippen molar-refractivity contribution in [3.63, 3.8) is 0 Å². The Hall–Kier alpha value is -9.12. The molecule has 0 saturated carbocycles. The minimum absolute atomic E-state index is 1.04. The number of fused-ring (bicyclic) bond motifs is 4. The molecule has 4 nitrogen and oxygen atoms in total. The first-order valence-corrected chi connectivity index (χ1v) is 23.3. The molecule has 0 N–H and O–H groups in total. The SMILES string of the molecule is c1ccc(-c2ccc(N3c4cc(N(c5ccccc5)c5ccccc5)cc(c4)N(c4ccc(-c5ccccc5)cc4)c4cc5ccccc5c5c4c4c3cccc4n5-c3ccccc3)cc2)cc1. The molecule has 320 valence electrons. The molecule has 1 aliphatic rings. The summed E-state index contributed by atoms with van der Waals surface area (Å²) in [5.41, 5.74) is 17.7. The van der Waals surface area contributed by atoms with E-state index in [2.05, 4.69) is 286 Å². The van der Waals surface area contributed by atoms with E-state index in [9.17, 15) is 0 Å². The highest BCUT2D eigenvalue weighted by Crippen LogP contribution is 2.54. The van der Waals surface area contributed by atoms with Crippen LogP contribution in [-0.2, 0) is 0 Å².